The summed E-state index contributed by atoms with van der Waals surface area (Å²) in [4.78, 5) is 13.6. The third-order valence-electron chi connectivity index (χ3n) is 7.63. The number of carbonyl (C=O) groups excluding carboxylic acids is 1. The monoisotopic (exact) mass is 479 g/mol. The van der Waals surface area contributed by atoms with Crippen LogP contribution in [0.2, 0.25) is 0 Å². The molecule has 34 heavy (non-hydrogen) atoms. The van der Waals surface area contributed by atoms with Crippen LogP contribution < -0.4 is 16.0 Å². The van der Waals surface area contributed by atoms with Crippen molar-refractivity contribution >= 4 is 17.3 Å². The molecular weight excluding hydrogens is 443 g/mol. The van der Waals surface area contributed by atoms with E-state index >= 15 is 0 Å². The van der Waals surface area contributed by atoms with Gasteiger partial charge in [0.1, 0.15) is 0 Å². The van der Waals surface area contributed by atoms with Crippen LogP contribution in [-0.2, 0) is 15.7 Å². The van der Waals surface area contributed by atoms with Crippen molar-refractivity contribution in [3.63, 3.8) is 0 Å². The molecule has 1 aliphatic carbocycles. The molecule has 2 unspecified atom stereocenters. The van der Waals surface area contributed by atoms with Crippen molar-refractivity contribution in [3.05, 3.63) is 34.9 Å². The molecule has 4 rings (SSSR count). The predicted molar refractivity (Wildman–Crippen MR) is 127 cm³/mol. The van der Waals surface area contributed by atoms with Crippen LogP contribution in [0.4, 0.5) is 18.9 Å². The fourth-order valence-corrected chi connectivity index (χ4v) is 5.68. The maximum atomic E-state index is 13.6. The number of amides is 1. The summed E-state index contributed by atoms with van der Waals surface area (Å²) in [6.45, 7) is 8.30. The molecule has 188 valence electrons. The van der Waals surface area contributed by atoms with E-state index in [4.69, 9.17) is 4.74 Å². The Morgan fingerprint density at radius 2 is 1.91 bits per heavy atom. The van der Waals surface area contributed by atoms with Crippen LogP contribution >= 0.6 is 0 Å². The number of alkyl halides is 3. The lowest BCUT2D eigenvalue weighted by molar-refractivity contribution is -0.137. The van der Waals surface area contributed by atoms with Gasteiger partial charge in [0.2, 0.25) is 5.91 Å². The van der Waals surface area contributed by atoms with Crippen LogP contribution in [-0.4, -0.2) is 37.7 Å². The first-order valence-electron chi connectivity index (χ1n) is 12.5. The van der Waals surface area contributed by atoms with Crippen molar-refractivity contribution in [2.75, 3.05) is 25.1 Å². The van der Waals surface area contributed by atoms with Gasteiger partial charge in [0, 0.05) is 49.0 Å². The van der Waals surface area contributed by atoms with E-state index in [-0.39, 0.29) is 23.8 Å². The minimum Gasteiger partial charge on any atom is -0.381 e. The Labute approximate surface area is 199 Å². The van der Waals surface area contributed by atoms with E-state index in [1.165, 1.54) is 6.07 Å². The molecule has 0 aromatic heterocycles. The van der Waals surface area contributed by atoms with E-state index in [2.05, 4.69) is 29.8 Å². The van der Waals surface area contributed by atoms with Gasteiger partial charge in [-0.3, -0.25) is 4.79 Å². The normalized spacial score (nSPS) is 25.9. The smallest absolute Gasteiger partial charge is 0.381 e. The van der Waals surface area contributed by atoms with Gasteiger partial charge in [-0.15, -0.1) is 0 Å². The highest BCUT2D eigenvalue weighted by Crippen LogP contribution is 2.40. The second kappa shape index (κ2) is 10.3. The summed E-state index contributed by atoms with van der Waals surface area (Å²) < 4.78 is 45.7. The van der Waals surface area contributed by atoms with Crippen LogP contribution in [0.5, 0.6) is 0 Å². The van der Waals surface area contributed by atoms with Crippen molar-refractivity contribution in [2.45, 2.75) is 71.1 Å². The molecule has 1 saturated heterocycles. The van der Waals surface area contributed by atoms with Crippen molar-refractivity contribution < 1.29 is 22.7 Å². The highest BCUT2D eigenvalue weighted by molar-refractivity contribution is 5.93. The Hall–Kier alpha value is -2.06. The SMILES string of the molecule is CCC1=C(NC(=O)[C@@H]2CC(NC3CCOCC3)CC2C(C)C)c2cc(C(F)(F)F)ccc2NC1. The zero-order valence-electron chi connectivity index (χ0n) is 20.2. The fourth-order valence-electron chi connectivity index (χ4n) is 5.68. The van der Waals surface area contributed by atoms with Gasteiger partial charge in [0.05, 0.1) is 11.3 Å². The molecule has 1 amide bonds. The minimum atomic E-state index is -4.44. The predicted octanol–water partition coefficient (Wildman–Crippen LogP) is 5.19. The molecule has 2 heterocycles. The summed E-state index contributed by atoms with van der Waals surface area (Å²) in [6.07, 6.45) is -0.150. The summed E-state index contributed by atoms with van der Waals surface area (Å²) in [5, 5.41) is 10.0. The molecule has 3 aliphatic rings. The molecule has 0 radical (unpaired) electrons. The Morgan fingerprint density at radius 3 is 2.56 bits per heavy atom. The summed E-state index contributed by atoms with van der Waals surface area (Å²) in [6, 6.07) is 4.37. The molecule has 2 fully saturated rings. The molecule has 1 aromatic carbocycles. The van der Waals surface area contributed by atoms with Crippen molar-refractivity contribution in [1.29, 1.82) is 0 Å². The Kier molecular flexibility index (Phi) is 7.57. The first kappa shape index (κ1) is 25.0. The summed E-state index contributed by atoms with van der Waals surface area (Å²) >= 11 is 0. The van der Waals surface area contributed by atoms with Crippen LogP contribution in [0.1, 0.15) is 64.0 Å². The van der Waals surface area contributed by atoms with Gasteiger partial charge in [0.25, 0.3) is 0 Å². The van der Waals surface area contributed by atoms with Gasteiger partial charge in [-0.25, -0.2) is 0 Å². The Bertz CT molecular complexity index is 922. The van der Waals surface area contributed by atoms with Gasteiger partial charge in [0.15, 0.2) is 0 Å². The quantitative estimate of drug-likeness (QED) is 0.526. The van der Waals surface area contributed by atoms with E-state index in [9.17, 15) is 18.0 Å². The number of ether oxygens (including phenoxy) is 1. The van der Waals surface area contributed by atoms with Crippen molar-refractivity contribution in [2.24, 2.45) is 17.8 Å². The zero-order valence-corrected chi connectivity index (χ0v) is 20.2. The highest BCUT2D eigenvalue weighted by atomic mass is 19.4. The largest absolute Gasteiger partial charge is 0.416 e. The first-order valence-corrected chi connectivity index (χ1v) is 12.5. The standard InChI is InChI=1S/C26H36F3N3O2/c1-4-16-14-30-23-6-5-17(26(27,28)29)11-22(23)24(16)32-25(33)21-13-19(12-20(21)15(2)3)31-18-7-9-34-10-8-18/h5-6,11,15,18-21,30-31H,4,7-10,12-14H2,1-3H3,(H,32,33)/t19?,20?,21-/m1/s1. The van der Waals surface area contributed by atoms with Crippen molar-refractivity contribution in [1.82, 2.24) is 10.6 Å². The summed E-state index contributed by atoms with van der Waals surface area (Å²) in [7, 11) is 0. The molecular formula is C26H36F3N3O2. The third kappa shape index (κ3) is 5.43. The second-order valence-corrected chi connectivity index (χ2v) is 10.2. The molecule has 2 aliphatic heterocycles. The number of benzene rings is 1. The Balaban J connectivity index is 1.55. The number of nitrogens with one attached hydrogen (secondary N) is 3. The number of halogens is 3. The van der Waals surface area contributed by atoms with Crippen LogP contribution in [0.3, 0.4) is 0 Å². The third-order valence-corrected chi connectivity index (χ3v) is 7.63. The van der Waals surface area contributed by atoms with E-state index in [0.29, 0.717) is 41.9 Å². The molecule has 8 heteroatoms. The maximum Gasteiger partial charge on any atom is 0.416 e. The average Bonchev–Trinajstić information content (AvgIpc) is 3.23. The van der Waals surface area contributed by atoms with E-state index in [1.807, 2.05) is 6.92 Å². The average molecular weight is 480 g/mol. The summed E-state index contributed by atoms with van der Waals surface area (Å²) in [5.41, 5.74) is 1.78. The van der Waals surface area contributed by atoms with E-state index in [1.54, 1.807) is 0 Å². The number of hydrogen-bond donors (Lipinski definition) is 3. The van der Waals surface area contributed by atoms with Crippen LogP contribution in [0.15, 0.2) is 23.8 Å². The van der Waals surface area contributed by atoms with E-state index < -0.39 is 11.7 Å². The van der Waals surface area contributed by atoms with Gasteiger partial charge in [-0.1, -0.05) is 20.8 Å². The van der Waals surface area contributed by atoms with Gasteiger partial charge >= 0.3 is 6.18 Å². The molecule has 5 nitrogen and oxygen atoms in total. The maximum absolute atomic E-state index is 13.6. The van der Waals surface area contributed by atoms with Crippen LogP contribution in [0, 0.1) is 17.8 Å². The fraction of sp³-hybridized carbons (Fsp3) is 0.654. The van der Waals surface area contributed by atoms with Gasteiger partial charge in [-0.2, -0.15) is 13.2 Å². The van der Waals surface area contributed by atoms with E-state index in [0.717, 1.165) is 56.6 Å². The minimum absolute atomic E-state index is 0.0822. The zero-order chi connectivity index (χ0) is 24.5. The molecule has 0 bridgehead atoms. The summed E-state index contributed by atoms with van der Waals surface area (Å²) in [5.74, 6) is 0.313. The molecule has 3 N–H and O–H groups in total. The van der Waals surface area contributed by atoms with Gasteiger partial charge < -0.3 is 20.7 Å². The number of fused-ring (bicyclic) bond motifs is 1. The van der Waals surface area contributed by atoms with Gasteiger partial charge in [-0.05, 0) is 67.7 Å². The van der Waals surface area contributed by atoms with Crippen LogP contribution in [0.25, 0.3) is 5.70 Å². The second-order valence-electron chi connectivity index (χ2n) is 10.2. The lowest BCUT2D eigenvalue weighted by atomic mass is 9.85. The first-order chi connectivity index (χ1) is 16.2. The highest BCUT2D eigenvalue weighted by Gasteiger charge is 2.41. The number of carbonyl (C=O) groups is 1. The lowest BCUT2D eigenvalue weighted by Crippen LogP contribution is -2.41. The number of rotatable bonds is 6. The number of anilines is 1. The lowest BCUT2D eigenvalue weighted by Gasteiger charge is -2.28. The topological polar surface area (TPSA) is 62.4 Å². The Morgan fingerprint density at radius 1 is 1.18 bits per heavy atom. The van der Waals surface area contributed by atoms with Crippen molar-refractivity contribution in [3.8, 4) is 0 Å². The molecule has 0 spiro atoms. The number of hydrogen-bond acceptors (Lipinski definition) is 4. The molecule has 3 atom stereocenters. The molecule has 1 aromatic rings. The molecule has 1 saturated carbocycles.